The maximum absolute atomic E-state index is 9.86. The van der Waals surface area contributed by atoms with Gasteiger partial charge in [0.25, 0.3) is 0 Å². The number of amidine groups is 1. The minimum atomic E-state index is -1.35. The molecule has 0 spiro atoms. The monoisotopic (exact) mass is 322 g/mol. The molecule has 21 heavy (non-hydrogen) atoms. The number of hydrogen-bond acceptors (Lipinski definition) is 7. The van der Waals surface area contributed by atoms with Crippen molar-refractivity contribution in [2.24, 2.45) is 10.7 Å². The van der Waals surface area contributed by atoms with Crippen LogP contribution in [0.4, 0.5) is 0 Å². The molecule has 1 aliphatic rings. The van der Waals surface area contributed by atoms with E-state index in [1.165, 1.54) is 11.8 Å². The molecule has 5 atom stereocenters. The topological polar surface area (TPSA) is 129 Å². The van der Waals surface area contributed by atoms with E-state index in [4.69, 9.17) is 15.6 Å². The van der Waals surface area contributed by atoms with Gasteiger partial charge in [0.05, 0.1) is 12.4 Å². The Balaban J connectivity index is 2.42. The summed E-state index contributed by atoms with van der Waals surface area (Å²) in [5.41, 5.74) is 5.02. The third-order valence-corrected chi connectivity index (χ3v) is 4.50. The fraction of sp³-hybridized carbons (Fsp3) is 0.923. The summed E-state index contributed by atoms with van der Waals surface area (Å²) in [6.45, 7) is 2.36. The second-order valence-corrected chi connectivity index (χ2v) is 6.18. The Morgan fingerprint density at radius 3 is 2.52 bits per heavy atom. The number of unbranched alkanes of at least 4 members (excludes halogenated alkanes) is 2. The minimum Gasteiger partial charge on any atom is -0.394 e. The minimum absolute atomic E-state index is 0.356. The van der Waals surface area contributed by atoms with Crippen LogP contribution in [0.25, 0.3) is 0 Å². The van der Waals surface area contributed by atoms with Crippen molar-refractivity contribution in [3.63, 3.8) is 0 Å². The molecule has 124 valence electrons. The van der Waals surface area contributed by atoms with Crippen molar-refractivity contribution in [1.29, 1.82) is 0 Å². The molecule has 2 unspecified atom stereocenters. The quantitative estimate of drug-likeness (QED) is 0.222. The molecule has 7 nitrogen and oxygen atoms in total. The van der Waals surface area contributed by atoms with E-state index in [0.29, 0.717) is 18.1 Å². The molecule has 1 aliphatic heterocycles. The summed E-state index contributed by atoms with van der Waals surface area (Å²) in [5.74, 6) is 0.808. The van der Waals surface area contributed by atoms with E-state index in [1.807, 2.05) is 0 Å². The van der Waals surface area contributed by atoms with Crippen LogP contribution in [0.1, 0.15) is 26.2 Å². The van der Waals surface area contributed by atoms with Crippen molar-refractivity contribution >= 4 is 17.6 Å². The molecule has 1 saturated heterocycles. The van der Waals surface area contributed by atoms with Gasteiger partial charge >= 0.3 is 0 Å². The van der Waals surface area contributed by atoms with Crippen LogP contribution in [-0.2, 0) is 4.74 Å². The van der Waals surface area contributed by atoms with Gasteiger partial charge in [0.1, 0.15) is 35.7 Å². The van der Waals surface area contributed by atoms with Crippen molar-refractivity contribution in [2.75, 3.05) is 18.9 Å². The maximum atomic E-state index is 9.86. The van der Waals surface area contributed by atoms with Crippen LogP contribution >= 0.6 is 11.8 Å². The molecule has 0 aliphatic carbocycles. The first kappa shape index (κ1) is 18.7. The summed E-state index contributed by atoms with van der Waals surface area (Å²) in [4.78, 5) is 4.22. The largest absolute Gasteiger partial charge is 0.394 e. The van der Waals surface area contributed by atoms with Gasteiger partial charge in [0, 0.05) is 6.54 Å². The summed E-state index contributed by atoms with van der Waals surface area (Å²) < 4.78 is 5.37. The number of rotatable bonds is 8. The summed E-state index contributed by atoms with van der Waals surface area (Å²) in [6.07, 6.45) is -1.59. The Kier molecular flexibility index (Phi) is 8.53. The van der Waals surface area contributed by atoms with Crippen molar-refractivity contribution in [3.05, 3.63) is 0 Å². The first-order chi connectivity index (χ1) is 10.0. The summed E-state index contributed by atoms with van der Waals surface area (Å²) in [5, 5.41) is 38.3. The Hall–Kier alpha value is -0.380. The SMILES string of the molecule is CCCCCN=C(N)CSC1OC(CO)[C@H](O)[C@H](O)[C@H]1O. The summed E-state index contributed by atoms with van der Waals surface area (Å²) in [7, 11) is 0. The molecule has 0 amide bonds. The molecule has 0 radical (unpaired) electrons. The summed E-state index contributed by atoms with van der Waals surface area (Å²) >= 11 is 1.19. The highest BCUT2D eigenvalue weighted by atomic mass is 32.2. The molecule has 8 heteroatoms. The molecular weight excluding hydrogens is 296 g/mol. The number of aliphatic hydroxyl groups is 4. The normalized spacial score (nSPS) is 34.1. The molecule has 1 fully saturated rings. The van der Waals surface area contributed by atoms with E-state index in [9.17, 15) is 15.3 Å². The molecule has 0 aromatic carbocycles. The lowest BCUT2D eigenvalue weighted by Gasteiger charge is -2.39. The van der Waals surface area contributed by atoms with Gasteiger partial charge in [-0.25, -0.2) is 0 Å². The van der Waals surface area contributed by atoms with Crippen molar-refractivity contribution in [2.45, 2.75) is 56.0 Å². The van der Waals surface area contributed by atoms with Gasteiger partial charge in [0.2, 0.25) is 0 Å². The molecule has 0 aromatic heterocycles. The van der Waals surface area contributed by atoms with Crippen molar-refractivity contribution in [1.82, 2.24) is 0 Å². The van der Waals surface area contributed by atoms with Gasteiger partial charge in [-0.2, -0.15) is 0 Å². The Morgan fingerprint density at radius 1 is 1.19 bits per heavy atom. The van der Waals surface area contributed by atoms with E-state index in [0.717, 1.165) is 19.3 Å². The molecule has 1 rings (SSSR count). The number of hydrogen-bond donors (Lipinski definition) is 5. The van der Waals surface area contributed by atoms with Gasteiger partial charge in [-0.05, 0) is 6.42 Å². The van der Waals surface area contributed by atoms with Gasteiger partial charge < -0.3 is 30.9 Å². The van der Waals surface area contributed by atoms with Crippen LogP contribution < -0.4 is 5.73 Å². The number of aliphatic imine (C=N–C) groups is 1. The predicted molar refractivity (Wildman–Crippen MR) is 82.2 cm³/mol. The van der Waals surface area contributed by atoms with Gasteiger partial charge in [0.15, 0.2) is 0 Å². The smallest absolute Gasteiger partial charge is 0.132 e. The second kappa shape index (κ2) is 9.60. The third-order valence-electron chi connectivity index (χ3n) is 3.32. The van der Waals surface area contributed by atoms with E-state index in [1.54, 1.807) is 0 Å². The van der Waals surface area contributed by atoms with E-state index in [2.05, 4.69) is 11.9 Å². The zero-order chi connectivity index (χ0) is 15.8. The number of thioether (sulfide) groups is 1. The van der Waals surface area contributed by atoms with Crippen LogP contribution in [0.2, 0.25) is 0 Å². The molecule has 0 saturated carbocycles. The lowest BCUT2D eigenvalue weighted by atomic mass is 10.0. The van der Waals surface area contributed by atoms with Gasteiger partial charge in [-0.1, -0.05) is 19.8 Å². The van der Waals surface area contributed by atoms with Crippen LogP contribution in [-0.4, -0.2) is 75.0 Å². The van der Waals surface area contributed by atoms with Gasteiger partial charge in [-0.15, -0.1) is 11.8 Å². The standard InChI is InChI=1S/C13H26N2O5S/c1-2-3-4-5-15-9(14)7-21-13-12(19)11(18)10(17)8(6-16)20-13/h8,10-13,16-19H,2-7H2,1H3,(H2,14,15)/t8?,10-,11-,12+,13?/m0/s1. The third kappa shape index (κ3) is 5.72. The van der Waals surface area contributed by atoms with Gasteiger partial charge in [-0.3, -0.25) is 4.99 Å². The zero-order valence-electron chi connectivity index (χ0n) is 12.3. The summed E-state index contributed by atoms with van der Waals surface area (Å²) in [6, 6.07) is 0. The number of ether oxygens (including phenoxy) is 1. The zero-order valence-corrected chi connectivity index (χ0v) is 13.1. The highest BCUT2D eigenvalue weighted by Crippen LogP contribution is 2.28. The molecule has 0 aromatic rings. The predicted octanol–water partition coefficient (Wildman–Crippen LogP) is -0.933. The number of nitrogens with two attached hydrogens (primary N) is 1. The van der Waals surface area contributed by atoms with E-state index < -0.39 is 36.5 Å². The first-order valence-corrected chi connectivity index (χ1v) is 8.27. The Morgan fingerprint density at radius 2 is 1.90 bits per heavy atom. The van der Waals surface area contributed by atoms with Crippen LogP contribution in [0, 0.1) is 0 Å². The fourth-order valence-electron chi connectivity index (χ4n) is 2.00. The average molecular weight is 322 g/mol. The molecular formula is C13H26N2O5S. The maximum Gasteiger partial charge on any atom is 0.132 e. The lowest BCUT2D eigenvalue weighted by Crippen LogP contribution is -2.57. The van der Waals surface area contributed by atoms with E-state index in [-0.39, 0.29) is 0 Å². The molecule has 0 bridgehead atoms. The lowest BCUT2D eigenvalue weighted by molar-refractivity contribution is -0.205. The Bertz CT molecular complexity index is 330. The fourth-order valence-corrected chi connectivity index (χ4v) is 3.01. The van der Waals surface area contributed by atoms with Crippen molar-refractivity contribution < 1.29 is 25.2 Å². The van der Waals surface area contributed by atoms with E-state index >= 15 is 0 Å². The van der Waals surface area contributed by atoms with Crippen LogP contribution in [0.5, 0.6) is 0 Å². The number of nitrogens with zero attached hydrogens (tertiary/aromatic N) is 1. The molecule has 6 N–H and O–H groups in total. The highest BCUT2D eigenvalue weighted by molar-refractivity contribution is 8.00. The number of aliphatic hydroxyl groups excluding tert-OH is 4. The van der Waals surface area contributed by atoms with Crippen LogP contribution in [0.15, 0.2) is 4.99 Å². The molecule has 1 heterocycles. The highest BCUT2D eigenvalue weighted by Gasteiger charge is 2.43. The van der Waals surface area contributed by atoms with Crippen molar-refractivity contribution in [3.8, 4) is 0 Å². The Labute approximate surface area is 129 Å². The first-order valence-electron chi connectivity index (χ1n) is 7.22. The second-order valence-electron chi connectivity index (χ2n) is 5.09. The van der Waals surface area contributed by atoms with Crippen LogP contribution in [0.3, 0.4) is 0 Å². The average Bonchev–Trinajstić information content (AvgIpc) is 2.48.